The summed E-state index contributed by atoms with van der Waals surface area (Å²) in [6.07, 6.45) is 0. The summed E-state index contributed by atoms with van der Waals surface area (Å²) in [5, 5.41) is 0. The van der Waals surface area contributed by atoms with Crippen molar-refractivity contribution >= 4 is 27.3 Å². The van der Waals surface area contributed by atoms with E-state index in [2.05, 4.69) is 60.1 Å². The fourth-order valence-electron chi connectivity index (χ4n) is 1.91. The fourth-order valence-corrected chi connectivity index (χ4v) is 3.48. The molecular weight excluding hydrogens is 294 g/mol. The van der Waals surface area contributed by atoms with Crippen LogP contribution in [0.3, 0.4) is 0 Å². The Balaban J connectivity index is 2.38. The third-order valence-electron chi connectivity index (χ3n) is 3.11. The van der Waals surface area contributed by atoms with Crippen LogP contribution in [0.5, 0.6) is 0 Å². The van der Waals surface area contributed by atoms with Gasteiger partial charge in [0.2, 0.25) is 0 Å². The normalized spacial score (nSPS) is 12.7. The zero-order valence-corrected chi connectivity index (χ0v) is 12.4. The van der Waals surface area contributed by atoms with E-state index < -0.39 is 0 Å². The number of halogens is 1. The molecule has 2 N–H and O–H groups in total. The number of hydrogen-bond donors (Lipinski definition) is 1. The molecule has 3 heteroatoms. The minimum atomic E-state index is 0.311. The highest BCUT2D eigenvalue weighted by Gasteiger charge is 2.14. The first-order valence-corrected chi connectivity index (χ1v) is 7.25. The average Bonchev–Trinajstić information content (AvgIpc) is 2.71. The van der Waals surface area contributed by atoms with Crippen molar-refractivity contribution in [3.05, 3.63) is 55.7 Å². The van der Waals surface area contributed by atoms with Gasteiger partial charge in [-0.2, -0.15) is 0 Å². The molecule has 1 unspecified atom stereocenters. The van der Waals surface area contributed by atoms with Gasteiger partial charge in [0.25, 0.3) is 0 Å². The molecule has 0 saturated carbocycles. The van der Waals surface area contributed by atoms with Crippen LogP contribution in [0.2, 0.25) is 0 Å². The summed E-state index contributed by atoms with van der Waals surface area (Å²) in [4.78, 5) is 1.32. The van der Waals surface area contributed by atoms with Crippen LogP contribution in [0.1, 0.15) is 27.5 Å². The molecule has 0 saturated heterocycles. The van der Waals surface area contributed by atoms with Crippen LogP contribution < -0.4 is 5.73 Å². The first-order valence-electron chi connectivity index (χ1n) is 5.64. The molecule has 2 rings (SSSR count). The van der Waals surface area contributed by atoms with Gasteiger partial charge in [-0.3, -0.25) is 0 Å². The average molecular weight is 310 g/mol. The second-order valence-corrected chi connectivity index (χ2v) is 6.77. The number of benzene rings is 1. The van der Waals surface area contributed by atoms with E-state index in [0.29, 0.717) is 12.5 Å². The molecule has 2 aromatic rings. The lowest BCUT2D eigenvalue weighted by Gasteiger charge is -2.15. The molecule has 1 aromatic carbocycles. The lowest BCUT2D eigenvalue weighted by molar-refractivity contribution is 0.833. The zero-order chi connectivity index (χ0) is 12.4. The van der Waals surface area contributed by atoms with Gasteiger partial charge < -0.3 is 5.73 Å². The largest absolute Gasteiger partial charge is 0.329 e. The van der Waals surface area contributed by atoms with Crippen molar-refractivity contribution in [2.24, 2.45) is 5.73 Å². The predicted molar refractivity (Wildman–Crippen MR) is 78.8 cm³/mol. The molecule has 0 radical (unpaired) electrons. The Labute approximate surface area is 115 Å². The van der Waals surface area contributed by atoms with E-state index in [4.69, 9.17) is 5.73 Å². The van der Waals surface area contributed by atoms with Gasteiger partial charge in [0.1, 0.15) is 0 Å². The first kappa shape index (κ1) is 12.8. The second kappa shape index (κ2) is 5.34. The monoisotopic (exact) mass is 309 g/mol. The first-order chi connectivity index (χ1) is 8.11. The Morgan fingerprint density at radius 3 is 2.47 bits per heavy atom. The summed E-state index contributed by atoms with van der Waals surface area (Å²) in [7, 11) is 0. The maximum Gasteiger partial charge on any atom is 0.0701 e. The Hall–Kier alpha value is -0.640. The molecule has 1 atom stereocenters. The minimum Gasteiger partial charge on any atom is -0.329 e. The van der Waals surface area contributed by atoms with E-state index in [0.717, 1.165) is 3.79 Å². The van der Waals surface area contributed by atoms with Crippen molar-refractivity contribution in [1.29, 1.82) is 0 Å². The zero-order valence-electron chi connectivity index (χ0n) is 10.0. The van der Waals surface area contributed by atoms with Gasteiger partial charge in [-0.05, 0) is 58.6 Å². The Morgan fingerprint density at radius 2 is 1.94 bits per heavy atom. The summed E-state index contributed by atoms with van der Waals surface area (Å²) in [5.74, 6) is 0.311. The minimum absolute atomic E-state index is 0.311. The van der Waals surface area contributed by atoms with Gasteiger partial charge >= 0.3 is 0 Å². The van der Waals surface area contributed by atoms with E-state index in [-0.39, 0.29) is 0 Å². The molecule has 0 fully saturated rings. The molecule has 0 amide bonds. The molecule has 0 aliphatic carbocycles. The van der Waals surface area contributed by atoms with Crippen molar-refractivity contribution in [3.63, 3.8) is 0 Å². The van der Waals surface area contributed by atoms with E-state index >= 15 is 0 Å². The molecule has 90 valence electrons. The van der Waals surface area contributed by atoms with Crippen LogP contribution in [0, 0.1) is 13.8 Å². The van der Waals surface area contributed by atoms with Gasteiger partial charge in [0.15, 0.2) is 0 Å². The molecular formula is C14H16BrNS. The number of aryl methyl sites for hydroxylation is 2. The van der Waals surface area contributed by atoms with E-state index in [1.165, 1.54) is 21.6 Å². The number of thiophene rings is 1. The summed E-state index contributed by atoms with van der Waals surface area (Å²) in [6.45, 7) is 4.94. The van der Waals surface area contributed by atoms with Gasteiger partial charge in [0.05, 0.1) is 3.79 Å². The number of hydrogen-bond acceptors (Lipinski definition) is 2. The highest BCUT2D eigenvalue weighted by molar-refractivity contribution is 9.11. The van der Waals surface area contributed by atoms with Gasteiger partial charge in [-0.1, -0.05) is 18.2 Å². The van der Waals surface area contributed by atoms with Crippen LogP contribution in [0.4, 0.5) is 0 Å². The van der Waals surface area contributed by atoms with Crippen LogP contribution in [-0.4, -0.2) is 6.54 Å². The lowest BCUT2D eigenvalue weighted by atomic mass is 9.94. The Kier molecular flexibility index (Phi) is 4.02. The van der Waals surface area contributed by atoms with Crippen molar-refractivity contribution < 1.29 is 0 Å². The summed E-state index contributed by atoms with van der Waals surface area (Å²) < 4.78 is 1.16. The standard InChI is InChI=1S/C14H16BrNS/c1-9-3-4-11(7-10(9)2)12(8-16)13-5-6-14(15)17-13/h3-7,12H,8,16H2,1-2H3. The topological polar surface area (TPSA) is 26.0 Å². The van der Waals surface area contributed by atoms with Crippen molar-refractivity contribution in [2.45, 2.75) is 19.8 Å². The van der Waals surface area contributed by atoms with E-state index in [1.807, 2.05) is 0 Å². The highest BCUT2D eigenvalue weighted by Crippen LogP contribution is 2.32. The predicted octanol–water partition coefficient (Wildman–Crippen LogP) is 4.22. The maximum atomic E-state index is 5.93. The van der Waals surface area contributed by atoms with Crippen LogP contribution in [0.15, 0.2) is 34.1 Å². The van der Waals surface area contributed by atoms with Crippen LogP contribution in [-0.2, 0) is 0 Å². The Morgan fingerprint density at radius 1 is 1.18 bits per heavy atom. The number of rotatable bonds is 3. The highest BCUT2D eigenvalue weighted by atomic mass is 79.9. The van der Waals surface area contributed by atoms with Crippen molar-refractivity contribution in [2.75, 3.05) is 6.54 Å². The quantitative estimate of drug-likeness (QED) is 0.902. The van der Waals surface area contributed by atoms with E-state index in [9.17, 15) is 0 Å². The molecule has 1 aromatic heterocycles. The van der Waals surface area contributed by atoms with E-state index in [1.54, 1.807) is 11.3 Å². The van der Waals surface area contributed by atoms with Gasteiger partial charge in [-0.25, -0.2) is 0 Å². The summed E-state index contributed by atoms with van der Waals surface area (Å²) in [5.41, 5.74) is 9.90. The third-order valence-corrected chi connectivity index (χ3v) is 4.84. The third kappa shape index (κ3) is 2.79. The van der Waals surface area contributed by atoms with Crippen molar-refractivity contribution in [1.82, 2.24) is 0 Å². The van der Waals surface area contributed by atoms with Crippen LogP contribution in [0.25, 0.3) is 0 Å². The molecule has 0 aliphatic heterocycles. The Bertz CT molecular complexity index is 519. The second-order valence-electron chi connectivity index (χ2n) is 4.27. The molecule has 1 heterocycles. The summed E-state index contributed by atoms with van der Waals surface area (Å²) in [6, 6.07) is 10.9. The molecule has 0 bridgehead atoms. The summed E-state index contributed by atoms with van der Waals surface area (Å²) >= 11 is 5.27. The number of nitrogens with two attached hydrogens (primary N) is 1. The van der Waals surface area contributed by atoms with Crippen molar-refractivity contribution in [3.8, 4) is 0 Å². The molecule has 0 aliphatic rings. The maximum absolute atomic E-state index is 5.93. The molecule has 17 heavy (non-hydrogen) atoms. The van der Waals surface area contributed by atoms with Gasteiger partial charge in [0, 0.05) is 17.3 Å². The SMILES string of the molecule is Cc1ccc(C(CN)c2ccc(Br)s2)cc1C. The molecule has 0 spiro atoms. The molecule has 1 nitrogen and oxygen atoms in total. The van der Waals surface area contributed by atoms with Gasteiger partial charge in [-0.15, -0.1) is 11.3 Å². The lowest BCUT2D eigenvalue weighted by Crippen LogP contribution is -2.12. The van der Waals surface area contributed by atoms with Crippen LogP contribution >= 0.6 is 27.3 Å². The smallest absolute Gasteiger partial charge is 0.0701 e. The fraction of sp³-hybridized carbons (Fsp3) is 0.286.